The van der Waals surface area contributed by atoms with Crippen molar-refractivity contribution in [1.82, 2.24) is 4.90 Å². The summed E-state index contributed by atoms with van der Waals surface area (Å²) >= 11 is 0. The minimum atomic E-state index is 0.0745. The Morgan fingerprint density at radius 2 is 1.58 bits per heavy atom. The van der Waals surface area contributed by atoms with Gasteiger partial charge >= 0.3 is 0 Å². The summed E-state index contributed by atoms with van der Waals surface area (Å²) in [6.45, 7) is 3.69. The highest BCUT2D eigenvalue weighted by molar-refractivity contribution is 5.98. The van der Waals surface area contributed by atoms with Gasteiger partial charge in [0.2, 0.25) is 5.91 Å². The zero-order chi connectivity index (χ0) is 17.2. The monoisotopic (exact) mass is 329 g/mol. The summed E-state index contributed by atoms with van der Waals surface area (Å²) < 4.78 is 0. The molecule has 0 saturated carbocycles. The molecule has 1 saturated heterocycles. The van der Waals surface area contributed by atoms with E-state index in [4.69, 9.17) is 0 Å². The molecule has 0 bridgehead atoms. The van der Waals surface area contributed by atoms with Crippen LogP contribution in [0.25, 0.3) is 0 Å². The first kappa shape index (κ1) is 18.7. The Hall–Kier alpha value is -1.64. The third kappa shape index (κ3) is 5.77. The van der Waals surface area contributed by atoms with Crippen LogP contribution in [0.3, 0.4) is 0 Å². The molecule has 2 rings (SSSR count). The molecule has 3 heteroatoms. The van der Waals surface area contributed by atoms with E-state index in [0.29, 0.717) is 6.42 Å². The molecule has 1 aromatic rings. The van der Waals surface area contributed by atoms with Crippen LogP contribution in [0.2, 0.25) is 0 Å². The van der Waals surface area contributed by atoms with E-state index < -0.39 is 0 Å². The van der Waals surface area contributed by atoms with E-state index in [2.05, 4.69) is 6.92 Å². The number of amides is 1. The summed E-state index contributed by atoms with van der Waals surface area (Å²) in [4.78, 5) is 26.7. The standard InChI is InChI=1S/C21H31NO2/c1-2-3-4-5-6-10-13-20(23)22-16-14-19(15-17-22)21(24)18-11-8-7-9-12-18/h7-9,11-12,19H,2-6,10,13-17H2,1H3. The lowest BCUT2D eigenvalue weighted by molar-refractivity contribution is -0.132. The Bertz CT molecular complexity index is 504. The van der Waals surface area contributed by atoms with Gasteiger partial charge in [-0.1, -0.05) is 69.4 Å². The van der Waals surface area contributed by atoms with Crippen molar-refractivity contribution in [2.24, 2.45) is 5.92 Å². The number of rotatable bonds is 9. The summed E-state index contributed by atoms with van der Waals surface area (Å²) in [6, 6.07) is 9.52. The van der Waals surface area contributed by atoms with Crippen LogP contribution in [-0.2, 0) is 4.79 Å². The normalized spacial score (nSPS) is 15.5. The van der Waals surface area contributed by atoms with Crippen LogP contribution < -0.4 is 0 Å². The van der Waals surface area contributed by atoms with Crippen molar-refractivity contribution >= 4 is 11.7 Å². The molecule has 0 aliphatic carbocycles. The summed E-state index contributed by atoms with van der Waals surface area (Å²) in [6.07, 6.45) is 9.54. The third-order valence-corrected chi connectivity index (χ3v) is 5.02. The predicted octanol–water partition coefficient (Wildman–Crippen LogP) is 4.86. The van der Waals surface area contributed by atoms with E-state index in [0.717, 1.165) is 44.3 Å². The first-order valence-electron chi connectivity index (χ1n) is 9.59. The second-order valence-electron chi connectivity index (χ2n) is 6.90. The smallest absolute Gasteiger partial charge is 0.222 e. The molecule has 24 heavy (non-hydrogen) atoms. The van der Waals surface area contributed by atoms with Gasteiger partial charge in [-0.2, -0.15) is 0 Å². The Balaban J connectivity index is 1.67. The lowest BCUT2D eigenvalue weighted by atomic mass is 9.89. The van der Waals surface area contributed by atoms with Crippen LogP contribution in [0.1, 0.15) is 75.1 Å². The fraction of sp³-hybridized carbons (Fsp3) is 0.619. The summed E-state index contributed by atoms with van der Waals surface area (Å²) in [5, 5.41) is 0. The topological polar surface area (TPSA) is 37.4 Å². The number of unbranched alkanes of at least 4 members (excludes halogenated alkanes) is 5. The maximum absolute atomic E-state index is 12.5. The average Bonchev–Trinajstić information content (AvgIpc) is 2.64. The van der Waals surface area contributed by atoms with Crippen LogP contribution in [-0.4, -0.2) is 29.7 Å². The number of carbonyl (C=O) groups is 2. The molecular weight excluding hydrogens is 298 g/mol. The summed E-state index contributed by atoms with van der Waals surface area (Å²) in [5.74, 6) is 0.584. The molecule has 1 fully saturated rings. The highest BCUT2D eigenvalue weighted by atomic mass is 16.2. The van der Waals surface area contributed by atoms with Gasteiger partial charge in [0.05, 0.1) is 0 Å². The first-order valence-corrected chi connectivity index (χ1v) is 9.59. The molecule has 132 valence electrons. The fourth-order valence-corrected chi connectivity index (χ4v) is 3.44. The van der Waals surface area contributed by atoms with E-state index in [1.165, 1.54) is 25.7 Å². The van der Waals surface area contributed by atoms with Crippen molar-refractivity contribution in [2.45, 2.75) is 64.7 Å². The summed E-state index contributed by atoms with van der Waals surface area (Å²) in [5.41, 5.74) is 0.800. The van der Waals surface area contributed by atoms with Crippen molar-refractivity contribution in [3.63, 3.8) is 0 Å². The molecule has 0 N–H and O–H groups in total. The number of nitrogens with zero attached hydrogens (tertiary/aromatic N) is 1. The highest BCUT2D eigenvalue weighted by Crippen LogP contribution is 2.22. The molecule has 0 unspecified atom stereocenters. The molecule has 3 nitrogen and oxygen atoms in total. The summed E-state index contributed by atoms with van der Waals surface area (Å²) in [7, 11) is 0. The van der Waals surface area contributed by atoms with Crippen molar-refractivity contribution < 1.29 is 9.59 Å². The molecule has 0 spiro atoms. The Morgan fingerprint density at radius 1 is 0.958 bits per heavy atom. The van der Waals surface area contributed by atoms with Crippen LogP contribution in [0.4, 0.5) is 0 Å². The van der Waals surface area contributed by atoms with E-state index in [1.807, 2.05) is 35.2 Å². The molecule has 1 aliphatic rings. The van der Waals surface area contributed by atoms with Crippen LogP contribution >= 0.6 is 0 Å². The van der Waals surface area contributed by atoms with E-state index in [9.17, 15) is 9.59 Å². The Labute approximate surface area is 146 Å². The third-order valence-electron chi connectivity index (χ3n) is 5.02. The number of piperidine rings is 1. The molecule has 1 amide bonds. The van der Waals surface area contributed by atoms with Crippen molar-refractivity contribution in [3.8, 4) is 0 Å². The number of hydrogen-bond donors (Lipinski definition) is 0. The largest absolute Gasteiger partial charge is 0.343 e. The number of hydrogen-bond acceptors (Lipinski definition) is 2. The van der Waals surface area contributed by atoms with Crippen LogP contribution in [0.15, 0.2) is 30.3 Å². The number of Topliss-reactive ketones (excluding diaryl/α,β-unsaturated/α-hetero) is 1. The second-order valence-corrected chi connectivity index (χ2v) is 6.90. The number of benzene rings is 1. The first-order chi connectivity index (χ1) is 11.7. The van der Waals surface area contributed by atoms with Crippen LogP contribution in [0.5, 0.6) is 0 Å². The second kappa shape index (κ2) is 10.3. The average molecular weight is 329 g/mol. The van der Waals surface area contributed by atoms with E-state index in [-0.39, 0.29) is 17.6 Å². The zero-order valence-electron chi connectivity index (χ0n) is 15.0. The lowest BCUT2D eigenvalue weighted by Crippen LogP contribution is -2.40. The van der Waals surface area contributed by atoms with Crippen molar-refractivity contribution in [2.75, 3.05) is 13.1 Å². The molecular formula is C21H31NO2. The molecule has 1 aliphatic heterocycles. The molecule has 0 atom stereocenters. The quantitative estimate of drug-likeness (QED) is 0.479. The fourth-order valence-electron chi connectivity index (χ4n) is 3.44. The minimum Gasteiger partial charge on any atom is -0.343 e. The zero-order valence-corrected chi connectivity index (χ0v) is 15.0. The van der Waals surface area contributed by atoms with Gasteiger partial charge in [0.15, 0.2) is 5.78 Å². The lowest BCUT2D eigenvalue weighted by Gasteiger charge is -2.31. The highest BCUT2D eigenvalue weighted by Gasteiger charge is 2.27. The van der Waals surface area contributed by atoms with Gasteiger partial charge < -0.3 is 4.90 Å². The van der Waals surface area contributed by atoms with Gasteiger partial charge in [-0.3, -0.25) is 9.59 Å². The maximum Gasteiger partial charge on any atom is 0.222 e. The van der Waals surface area contributed by atoms with E-state index >= 15 is 0 Å². The SMILES string of the molecule is CCCCCCCCC(=O)N1CCC(C(=O)c2ccccc2)CC1. The van der Waals surface area contributed by atoms with Gasteiger partial charge in [-0.05, 0) is 19.3 Å². The van der Waals surface area contributed by atoms with Gasteiger partial charge in [-0.25, -0.2) is 0 Å². The van der Waals surface area contributed by atoms with Crippen LogP contribution in [0, 0.1) is 5.92 Å². The molecule has 1 aromatic carbocycles. The molecule has 0 aromatic heterocycles. The molecule has 1 heterocycles. The Kier molecular flexibility index (Phi) is 8.00. The van der Waals surface area contributed by atoms with Gasteiger partial charge in [0, 0.05) is 31.0 Å². The predicted molar refractivity (Wildman–Crippen MR) is 98.1 cm³/mol. The van der Waals surface area contributed by atoms with Crippen molar-refractivity contribution in [1.29, 1.82) is 0 Å². The van der Waals surface area contributed by atoms with Gasteiger partial charge in [-0.15, -0.1) is 0 Å². The van der Waals surface area contributed by atoms with E-state index in [1.54, 1.807) is 0 Å². The van der Waals surface area contributed by atoms with Gasteiger partial charge in [0.25, 0.3) is 0 Å². The Morgan fingerprint density at radius 3 is 2.25 bits per heavy atom. The molecule has 0 radical (unpaired) electrons. The van der Waals surface area contributed by atoms with Gasteiger partial charge in [0.1, 0.15) is 0 Å². The number of ketones is 1. The minimum absolute atomic E-state index is 0.0745. The van der Waals surface area contributed by atoms with Crippen molar-refractivity contribution in [3.05, 3.63) is 35.9 Å². The number of likely N-dealkylation sites (tertiary alicyclic amines) is 1. The number of carbonyl (C=O) groups excluding carboxylic acids is 2. The maximum atomic E-state index is 12.5.